The molecule has 1 aliphatic heterocycles. The molecule has 3 nitrogen and oxygen atoms in total. The summed E-state index contributed by atoms with van der Waals surface area (Å²) in [5.74, 6) is -0.331. The van der Waals surface area contributed by atoms with Crippen LogP contribution < -0.4 is 5.73 Å². The number of nitrogens with zero attached hydrogens (tertiary/aromatic N) is 1. The first-order valence-electron chi connectivity index (χ1n) is 9.23. The van der Waals surface area contributed by atoms with Crippen molar-refractivity contribution in [1.82, 2.24) is 4.90 Å². The van der Waals surface area contributed by atoms with Crippen molar-refractivity contribution in [3.8, 4) is 0 Å². The van der Waals surface area contributed by atoms with Crippen LogP contribution in [0, 0.1) is 0 Å². The van der Waals surface area contributed by atoms with Gasteiger partial charge in [0, 0.05) is 17.1 Å². The Morgan fingerprint density at radius 1 is 1.15 bits per heavy atom. The van der Waals surface area contributed by atoms with E-state index >= 15 is 0 Å². The Balaban J connectivity index is 0.00000261. The lowest BCUT2D eigenvalue weighted by atomic mass is 9.71. The predicted molar refractivity (Wildman–Crippen MR) is 115 cm³/mol. The second-order valence-corrected chi connectivity index (χ2v) is 8.24. The normalized spacial score (nSPS) is 18.5. The number of hydrogen-bond acceptors (Lipinski definition) is 2. The third kappa shape index (κ3) is 4.31. The van der Waals surface area contributed by atoms with Crippen LogP contribution in [0.25, 0.3) is 0 Å². The van der Waals surface area contributed by atoms with Crippen LogP contribution in [0.15, 0.2) is 54.6 Å². The summed E-state index contributed by atoms with van der Waals surface area (Å²) in [4.78, 5) is 15.3. The number of carbonyl (C=O) groups excluding carboxylic acids is 1. The Hall–Kier alpha value is -1.55. The maximum atomic E-state index is 12.9. The summed E-state index contributed by atoms with van der Waals surface area (Å²) in [6.07, 6.45) is 3.01. The molecule has 2 aromatic rings. The van der Waals surface area contributed by atoms with Gasteiger partial charge in [0.15, 0.2) is 0 Å². The molecular formula is C22H28Cl2N2O. The summed E-state index contributed by atoms with van der Waals surface area (Å²) in [6, 6.07) is 17.4. The predicted octanol–water partition coefficient (Wildman–Crippen LogP) is 4.80. The molecule has 0 aliphatic carbocycles. The number of halogens is 2. The molecular weight excluding hydrogens is 379 g/mol. The van der Waals surface area contributed by atoms with Crippen LogP contribution in [-0.4, -0.2) is 29.4 Å². The number of likely N-dealkylation sites (tertiary alicyclic amines) is 1. The summed E-state index contributed by atoms with van der Waals surface area (Å²) in [5, 5.41) is 0.616. The molecule has 1 atom stereocenters. The van der Waals surface area contributed by atoms with Crippen LogP contribution in [0.4, 0.5) is 0 Å². The van der Waals surface area contributed by atoms with Crippen molar-refractivity contribution in [3.05, 3.63) is 70.7 Å². The van der Waals surface area contributed by atoms with Crippen molar-refractivity contribution in [2.75, 3.05) is 13.1 Å². The first-order chi connectivity index (χ1) is 12.4. The Bertz CT molecular complexity index is 779. The van der Waals surface area contributed by atoms with Gasteiger partial charge in [-0.05, 0) is 62.9 Å². The Labute approximate surface area is 173 Å². The molecule has 1 fully saturated rings. The lowest BCUT2D eigenvalue weighted by molar-refractivity contribution is -0.122. The summed E-state index contributed by atoms with van der Waals surface area (Å²) in [7, 11) is 0. The number of benzene rings is 2. The molecule has 1 amide bonds. The Morgan fingerprint density at radius 3 is 2.37 bits per heavy atom. The number of hydrogen-bond donors (Lipinski definition) is 1. The highest BCUT2D eigenvalue weighted by Crippen LogP contribution is 2.38. The van der Waals surface area contributed by atoms with Crippen LogP contribution in [0.1, 0.15) is 44.2 Å². The lowest BCUT2D eigenvalue weighted by Crippen LogP contribution is -2.47. The fourth-order valence-corrected chi connectivity index (χ4v) is 4.41. The van der Waals surface area contributed by atoms with Gasteiger partial charge in [0.25, 0.3) is 0 Å². The first-order valence-corrected chi connectivity index (χ1v) is 9.60. The minimum absolute atomic E-state index is 0. The molecule has 1 aliphatic rings. The van der Waals surface area contributed by atoms with E-state index in [2.05, 4.69) is 18.7 Å². The minimum atomic E-state index is -0.884. The van der Waals surface area contributed by atoms with Crippen molar-refractivity contribution >= 4 is 29.9 Å². The second kappa shape index (κ2) is 8.64. The summed E-state index contributed by atoms with van der Waals surface area (Å²) in [5.41, 5.74) is 7.10. The van der Waals surface area contributed by atoms with Gasteiger partial charge in [-0.2, -0.15) is 0 Å². The quantitative estimate of drug-likeness (QED) is 0.748. The van der Waals surface area contributed by atoms with Gasteiger partial charge in [-0.25, -0.2) is 0 Å². The SMILES string of the molecule is CC1(C)CCCN1CCC(C(N)=O)(c1ccccc1)c1cccc(Cl)c1.Cl. The molecule has 0 spiro atoms. The molecule has 1 heterocycles. The van der Waals surface area contributed by atoms with Gasteiger partial charge < -0.3 is 5.73 Å². The molecule has 0 radical (unpaired) electrons. The van der Waals surface area contributed by atoms with Crippen molar-refractivity contribution in [1.29, 1.82) is 0 Å². The molecule has 2 aromatic carbocycles. The summed E-state index contributed by atoms with van der Waals surface area (Å²) >= 11 is 6.25. The Morgan fingerprint density at radius 2 is 1.81 bits per heavy atom. The Kier molecular flexibility index (Phi) is 6.96. The van der Waals surface area contributed by atoms with E-state index in [9.17, 15) is 4.79 Å². The van der Waals surface area contributed by atoms with E-state index in [-0.39, 0.29) is 23.9 Å². The molecule has 5 heteroatoms. The van der Waals surface area contributed by atoms with Gasteiger partial charge >= 0.3 is 0 Å². The highest BCUT2D eigenvalue weighted by Gasteiger charge is 2.42. The van der Waals surface area contributed by atoms with Gasteiger partial charge in [-0.3, -0.25) is 9.69 Å². The smallest absolute Gasteiger partial charge is 0.232 e. The van der Waals surface area contributed by atoms with Crippen LogP contribution in [0.2, 0.25) is 5.02 Å². The van der Waals surface area contributed by atoms with Crippen molar-refractivity contribution in [2.24, 2.45) is 5.73 Å². The van der Waals surface area contributed by atoms with Crippen LogP contribution >= 0.6 is 24.0 Å². The highest BCUT2D eigenvalue weighted by molar-refractivity contribution is 6.30. The van der Waals surface area contributed by atoms with E-state index in [1.807, 2.05) is 54.6 Å². The largest absolute Gasteiger partial charge is 0.369 e. The number of primary amides is 1. The minimum Gasteiger partial charge on any atom is -0.369 e. The highest BCUT2D eigenvalue weighted by atomic mass is 35.5. The molecule has 2 N–H and O–H groups in total. The average Bonchev–Trinajstić information content (AvgIpc) is 2.95. The van der Waals surface area contributed by atoms with E-state index in [4.69, 9.17) is 17.3 Å². The third-order valence-electron chi connectivity index (χ3n) is 5.83. The topological polar surface area (TPSA) is 46.3 Å². The summed E-state index contributed by atoms with van der Waals surface area (Å²) in [6.45, 7) is 6.42. The molecule has 0 bridgehead atoms. The van der Waals surface area contributed by atoms with Gasteiger partial charge in [0.1, 0.15) is 0 Å². The van der Waals surface area contributed by atoms with Crippen LogP contribution in [0.5, 0.6) is 0 Å². The van der Waals surface area contributed by atoms with Gasteiger partial charge in [0.05, 0.1) is 5.41 Å². The van der Waals surface area contributed by atoms with Gasteiger partial charge in [-0.15, -0.1) is 12.4 Å². The monoisotopic (exact) mass is 406 g/mol. The maximum Gasteiger partial charge on any atom is 0.232 e. The van der Waals surface area contributed by atoms with Crippen LogP contribution in [0.3, 0.4) is 0 Å². The van der Waals surface area contributed by atoms with Gasteiger partial charge in [-0.1, -0.05) is 54.1 Å². The van der Waals surface area contributed by atoms with Crippen molar-refractivity contribution in [3.63, 3.8) is 0 Å². The molecule has 27 heavy (non-hydrogen) atoms. The van der Waals surface area contributed by atoms with Crippen molar-refractivity contribution in [2.45, 2.75) is 44.1 Å². The third-order valence-corrected chi connectivity index (χ3v) is 6.07. The number of amides is 1. The second-order valence-electron chi connectivity index (χ2n) is 7.80. The number of nitrogens with two attached hydrogens (primary N) is 1. The maximum absolute atomic E-state index is 12.9. The zero-order valence-corrected chi connectivity index (χ0v) is 17.5. The average molecular weight is 407 g/mol. The summed E-state index contributed by atoms with van der Waals surface area (Å²) < 4.78 is 0. The van der Waals surface area contributed by atoms with E-state index < -0.39 is 5.41 Å². The molecule has 1 unspecified atom stereocenters. The van der Waals surface area contributed by atoms with Crippen LogP contribution in [-0.2, 0) is 10.2 Å². The fraction of sp³-hybridized carbons (Fsp3) is 0.409. The molecule has 3 rings (SSSR count). The van der Waals surface area contributed by atoms with Gasteiger partial charge in [0.2, 0.25) is 5.91 Å². The van der Waals surface area contributed by atoms with E-state index in [0.29, 0.717) is 11.4 Å². The van der Waals surface area contributed by atoms with E-state index in [1.165, 1.54) is 12.8 Å². The number of rotatable bonds is 6. The number of carbonyl (C=O) groups is 1. The molecule has 146 valence electrons. The zero-order valence-electron chi connectivity index (χ0n) is 16.0. The standard InChI is InChI=1S/C22H27ClN2O.ClH/c1-21(2)12-7-14-25(21)15-13-22(20(24)26,17-8-4-3-5-9-17)18-10-6-11-19(23)16-18;/h3-6,8-11,16H,7,12-15H2,1-2H3,(H2,24,26);1H. The molecule has 1 saturated heterocycles. The van der Waals surface area contributed by atoms with E-state index in [1.54, 1.807) is 0 Å². The van der Waals surface area contributed by atoms with Crippen molar-refractivity contribution < 1.29 is 4.79 Å². The zero-order chi connectivity index (χ0) is 18.8. The first kappa shape index (κ1) is 21.7. The fourth-order valence-electron chi connectivity index (χ4n) is 4.22. The lowest BCUT2D eigenvalue weighted by Gasteiger charge is -2.37. The molecule has 0 saturated carbocycles. The van der Waals surface area contributed by atoms with E-state index in [0.717, 1.165) is 24.2 Å². The molecule has 0 aromatic heterocycles.